The molecule has 48 valence electrons. The Morgan fingerprint density at radius 1 is 1.62 bits per heavy atom. The third-order valence-electron chi connectivity index (χ3n) is 1.71. The van der Waals surface area contributed by atoms with E-state index in [4.69, 9.17) is 0 Å². The van der Waals surface area contributed by atoms with Gasteiger partial charge in [-0.15, -0.1) is 0 Å². The third kappa shape index (κ3) is 1.39. The lowest BCUT2D eigenvalue weighted by Crippen LogP contribution is -2.26. The standard InChI is InChI=1S/C6H13NS/c1-5(8)7(2)6-3-4-6/h5-6,8H,3-4H2,1-2H3/t5-/m0/s1. The van der Waals surface area contributed by atoms with Crippen LogP contribution in [0.2, 0.25) is 0 Å². The molecule has 0 aromatic heterocycles. The Morgan fingerprint density at radius 2 is 2.12 bits per heavy atom. The third-order valence-corrected chi connectivity index (χ3v) is 2.08. The van der Waals surface area contributed by atoms with Crippen LogP contribution in [0.15, 0.2) is 0 Å². The van der Waals surface area contributed by atoms with E-state index in [2.05, 4.69) is 31.5 Å². The van der Waals surface area contributed by atoms with Crippen LogP contribution in [0.3, 0.4) is 0 Å². The molecule has 0 aliphatic heterocycles. The first-order valence-corrected chi connectivity index (χ1v) is 3.63. The number of hydrogen-bond donors (Lipinski definition) is 1. The van der Waals surface area contributed by atoms with Crippen LogP contribution < -0.4 is 0 Å². The molecule has 1 fully saturated rings. The van der Waals surface area contributed by atoms with Crippen molar-refractivity contribution in [2.75, 3.05) is 7.05 Å². The minimum atomic E-state index is 0.433. The van der Waals surface area contributed by atoms with Crippen molar-refractivity contribution < 1.29 is 0 Å². The molecular formula is C6H13NS. The summed E-state index contributed by atoms with van der Waals surface area (Å²) in [5.74, 6) is 0. The Morgan fingerprint density at radius 3 is 2.25 bits per heavy atom. The van der Waals surface area contributed by atoms with Gasteiger partial charge in [0.05, 0.1) is 0 Å². The van der Waals surface area contributed by atoms with Gasteiger partial charge >= 0.3 is 0 Å². The summed E-state index contributed by atoms with van der Waals surface area (Å²) < 4.78 is 0. The molecule has 0 spiro atoms. The molecule has 0 aromatic rings. The van der Waals surface area contributed by atoms with Gasteiger partial charge in [-0.1, -0.05) is 0 Å². The van der Waals surface area contributed by atoms with Gasteiger partial charge in [-0.25, -0.2) is 0 Å². The van der Waals surface area contributed by atoms with Crippen molar-refractivity contribution in [3.05, 3.63) is 0 Å². The van der Waals surface area contributed by atoms with Crippen molar-refractivity contribution in [2.24, 2.45) is 0 Å². The average Bonchev–Trinajstić information content (AvgIpc) is 2.43. The Bertz CT molecular complexity index is 76.6. The number of thiol groups is 1. The lowest BCUT2D eigenvalue weighted by atomic mass is 10.5. The van der Waals surface area contributed by atoms with Gasteiger partial charge in [-0.2, -0.15) is 12.6 Å². The molecule has 0 radical (unpaired) electrons. The van der Waals surface area contributed by atoms with Crippen LogP contribution in [0, 0.1) is 0 Å². The molecule has 1 aliphatic rings. The topological polar surface area (TPSA) is 3.24 Å². The van der Waals surface area contributed by atoms with Crippen molar-refractivity contribution >= 4 is 12.6 Å². The maximum absolute atomic E-state index is 4.30. The summed E-state index contributed by atoms with van der Waals surface area (Å²) in [5.41, 5.74) is 0. The second-order valence-electron chi connectivity index (χ2n) is 2.53. The molecule has 1 rings (SSSR count). The van der Waals surface area contributed by atoms with Crippen LogP contribution in [-0.2, 0) is 0 Å². The first kappa shape index (κ1) is 6.43. The monoisotopic (exact) mass is 131 g/mol. The normalized spacial score (nSPS) is 24.0. The van der Waals surface area contributed by atoms with Crippen LogP contribution in [-0.4, -0.2) is 23.4 Å². The average molecular weight is 131 g/mol. The quantitative estimate of drug-likeness (QED) is 0.437. The molecule has 0 saturated heterocycles. The van der Waals surface area contributed by atoms with Crippen LogP contribution in [0.4, 0.5) is 0 Å². The van der Waals surface area contributed by atoms with Crippen molar-refractivity contribution in [3.8, 4) is 0 Å². The summed E-state index contributed by atoms with van der Waals surface area (Å²) in [6.45, 7) is 2.11. The fourth-order valence-corrected chi connectivity index (χ4v) is 0.975. The number of nitrogens with zero attached hydrogens (tertiary/aromatic N) is 1. The highest BCUT2D eigenvalue weighted by molar-refractivity contribution is 7.80. The first-order valence-electron chi connectivity index (χ1n) is 3.12. The molecule has 8 heavy (non-hydrogen) atoms. The molecule has 1 saturated carbocycles. The zero-order chi connectivity index (χ0) is 6.15. The van der Waals surface area contributed by atoms with Crippen LogP contribution in [0.1, 0.15) is 19.8 Å². The minimum Gasteiger partial charge on any atom is -0.292 e. The Hall–Kier alpha value is 0.310. The Balaban J connectivity index is 2.22. The lowest BCUT2D eigenvalue weighted by Gasteiger charge is -2.18. The maximum Gasteiger partial charge on any atom is 0.0499 e. The van der Waals surface area contributed by atoms with Gasteiger partial charge in [0.15, 0.2) is 0 Å². The molecule has 0 N–H and O–H groups in total. The highest BCUT2D eigenvalue weighted by atomic mass is 32.1. The highest BCUT2D eigenvalue weighted by Gasteiger charge is 2.27. The smallest absolute Gasteiger partial charge is 0.0499 e. The molecule has 1 aliphatic carbocycles. The summed E-state index contributed by atoms with van der Waals surface area (Å²) in [5, 5.41) is 0.433. The lowest BCUT2D eigenvalue weighted by molar-refractivity contribution is 0.319. The predicted molar refractivity (Wildman–Crippen MR) is 39.2 cm³/mol. The molecule has 1 nitrogen and oxygen atoms in total. The van der Waals surface area contributed by atoms with E-state index in [0.717, 1.165) is 6.04 Å². The van der Waals surface area contributed by atoms with E-state index in [1.807, 2.05) is 0 Å². The van der Waals surface area contributed by atoms with Crippen LogP contribution in [0.5, 0.6) is 0 Å². The van der Waals surface area contributed by atoms with Gasteiger partial charge in [0.2, 0.25) is 0 Å². The Labute approximate surface area is 56.5 Å². The summed E-state index contributed by atoms with van der Waals surface area (Å²) in [6.07, 6.45) is 2.75. The summed E-state index contributed by atoms with van der Waals surface area (Å²) >= 11 is 4.30. The fourth-order valence-electron chi connectivity index (χ4n) is 0.787. The van der Waals surface area contributed by atoms with Gasteiger partial charge in [0.1, 0.15) is 0 Å². The van der Waals surface area contributed by atoms with Crippen molar-refractivity contribution in [1.29, 1.82) is 0 Å². The number of rotatable bonds is 2. The van der Waals surface area contributed by atoms with E-state index < -0.39 is 0 Å². The minimum absolute atomic E-state index is 0.433. The molecule has 0 amide bonds. The van der Waals surface area contributed by atoms with E-state index in [9.17, 15) is 0 Å². The number of hydrogen-bond acceptors (Lipinski definition) is 2. The Kier molecular flexibility index (Phi) is 1.83. The van der Waals surface area contributed by atoms with Gasteiger partial charge in [-0.3, -0.25) is 4.90 Å². The van der Waals surface area contributed by atoms with Crippen LogP contribution >= 0.6 is 12.6 Å². The molecule has 2 heteroatoms. The van der Waals surface area contributed by atoms with E-state index in [-0.39, 0.29) is 0 Å². The second kappa shape index (κ2) is 2.28. The van der Waals surface area contributed by atoms with E-state index in [1.54, 1.807) is 0 Å². The zero-order valence-corrected chi connectivity index (χ0v) is 6.36. The second-order valence-corrected chi connectivity index (χ2v) is 3.28. The summed E-state index contributed by atoms with van der Waals surface area (Å²) in [6, 6.07) is 0.850. The van der Waals surface area contributed by atoms with Crippen LogP contribution in [0.25, 0.3) is 0 Å². The molecule has 1 atom stereocenters. The van der Waals surface area contributed by atoms with Crippen molar-refractivity contribution in [3.63, 3.8) is 0 Å². The highest BCUT2D eigenvalue weighted by Crippen LogP contribution is 2.27. The molecule has 0 heterocycles. The predicted octanol–water partition coefficient (Wildman–Crippen LogP) is 1.36. The van der Waals surface area contributed by atoms with Gasteiger partial charge in [-0.05, 0) is 26.8 Å². The molecule has 0 aromatic carbocycles. The van der Waals surface area contributed by atoms with E-state index in [0.29, 0.717) is 5.37 Å². The van der Waals surface area contributed by atoms with Gasteiger partial charge in [0, 0.05) is 11.4 Å². The van der Waals surface area contributed by atoms with Crippen molar-refractivity contribution in [2.45, 2.75) is 31.2 Å². The molecule has 0 bridgehead atoms. The van der Waals surface area contributed by atoms with Crippen molar-refractivity contribution in [1.82, 2.24) is 4.90 Å². The van der Waals surface area contributed by atoms with E-state index >= 15 is 0 Å². The zero-order valence-electron chi connectivity index (χ0n) is 5.46. The fraction of sp³-hybridized carbons (Fsp3) is 1.00. The largest absolute Gasteiger partial charge is 0.292 e. The SMILES string of the molecule is C[C@H](S)N(C)C1CC1. The molecule has 0 unspecified atom stereocenters. The van der Waals surface area contributed by atoms with Gasteiger partial charge < -0.3 is 0 Å². The maximum atomic E-state index is 4.30. The van der Waals surface area contributed by atoms with E-state index in [1.165, 1.54) is 12.8 Å². The molecular weight excluding hydrogens is 118 g/mol. The summed E-state index contributed by atoms with van der Waals surface area (Å²) in [4.78, 5) is 2.31. The summed E-state index contributed by atoms with van der Waals surface area (Å²) in [7, 11) is 2.13. The first-order chi connectivity index (χ1) is 3.72. The van der Waals surface area contributed by atoms with Gasteiger partial charge in [0.25, 0.3) is 0 Å².